The summed E-state index contributed by atoms with van der Waals surface area (Å²) in [6.07, 6.45) is 0.910. The van der Waals surface area contributed by atoms with Crippen LogP contribution in [-0.2, 0) is 14.8 Å². The number of sulfonamides is 1. The molecule has 2 aromatic rings. The number of nitro groups is 1. The van der Waals surface area contributed by atoms with Crippen LogP contribution in [-0.4, -0.2) is 46.3 Å². The number of nitrogens with zero attached hydrogens (tertiary/aromatic N) is 2. The molecule has 150 valence electrons. The third-order valence-corrected chi connectivity index (χ3v) is 4.84. The lowest BCUT2D eigenvalue weighted by molar-refractivity contribution is -0.384. The molecule has 2 aromatic carbocycles. The maximum Gasteiger partial charge on any atom is 0.271 e. The van der Waals surface area contributed by atoms with Crippen LogP contribution in [0.2, 0.25) is 0 Å². The lowest BCUT2D eigenvalue weighted by atomic mass is 10.2. The van der Waals surface area contributed by atoms with Gasteiger partial charge in [-0.15, -0.1) is 0 Å². The molecule has 0 spiro atoms. The first kappa shape index (κ1) is 21.0. The lowest BCUT2D eigenvalue weighted by Gasteiger charge is -2.22. The molecule has 0 atom stereocenters. The van der Waals surface area contributed by atoms with Crippen molar-refractivity contribution in [2.45, 2.75) is 0 Å². The number of anilines is 2. The average Bonchev–Trinajstić information content (AvgIpc) is 2.65. The summed E-state index contributed by atoms with van der Waals surface area (Å²) in [6, 6.07) is 9.74. The highest BCUT2D eigenvalue weighted by atomic mass is 32.2. The Morgan fingerprint density at radius 3 is 2.46 bits per heavy atom. The molecule has 0 saturated heterocycles. The van der Waals surface area contributed by atoms with Gasteiger partial charge in [0, 0.05) is 18.2 Å². The summed E-state index contributed by atoms with van der Waals surface area (Å²) in [5, 5.41) is 13.5. The summed E-state index contributed by atoms with van der Waals surface area (Å²) in [5.74, 6) is 0.193. The van der Waals surface area contributed by atoms with Crippen LogP contribution in [0, 0.1) is 10.1 Å². The minimum absolute atomic E-state index is 0.00791. The molecule has 2 rings (SSSR count). The number of non-ortho nitro benzene ring substituents is 1. The number of nitrogens with one attached hydrogen (secondary N) is 1. The highest BCUT2D eigenvalue weighted by Crippen LogP contribution is 2.29. The van der Waals surface area contributed by atoms with Crippen molar-refractivity contribution in [3.05, 3.63) is 52.6 Å². The van der Waals surface area contributed by atoms with E-state index < -0.39 is 27.4 Å². The van der Waals surface area contributed by atoms with Crippen LogP contribution in [0.1, 0.15) is 0 Å². The molecular formula is C17H19N3O7S. The van der Waals surface area contributed by atoms with E-state index in [1.54, 1.807) is 18.2 Å². The van der Waals surface area contributed by atoms with Gasteiger partial charge in [0.2, 0.25) is 15.9 Å². The maximum atomic E-state index is 12.4. The largest absolute Gasteiger partial charge is 0.497 e. The Labute approximate surface area is 161 Å². The van der Waals surface area contributed by atoms with Crippen LogP contribution < -0.4 is 19.1 Å². The molecule has 0 aliphatic rings. The third kappa shape index (κ3) is 5.10. The Morgan fingerprint density at radius 2 is 1.89 bits per heavy atom. The number of amides is 1. The zero-order valence-corrected chi connectivity index (χ0v) is 16.2. The minimum atomic E-state index is -3.88. The van der Waals surface area contributed by atoms with Gasteiger partial charge in [0.1, 0.15) is 18.0 Å². The van der Waals surface area contributed by atoms with Gasteiger partial charge < -0.3 is 14.8 Å². The molecule has 0 unspecified atom stereocenters. The fourth-order valence-corrected chi connectivity index (χ4v) is 3.23. The van der Waals surface area contributed by atoms with E-state index in [2.05, 4.69) is 5.32 Å². The van der Waals surface area contributed by atoms with Gasteiger partial charge in [-0.05, 0) is 18.2 Å². The predicted molar refractivity (Wildman–Crippen MR) is 103 cm³/mol. The topological polar surface area (TPSA) is 128 Å². The van der Waals surface area contributed by atoms with E-state index in [0.717, 1.165) is 16.6 Å². The van der Waals surface area contributed by atoms with Gasteiger partial charge in [-0.3, -0.25) is 19.2 Å². The van der Waals surface area contributed by atoms with Crippen molar-refractivity contribution in [3.63, 3.8) is 0 Å². The number of carbonyl (C=O) groups excluding carboxylic acids is 1. The standard InChI is InChI=1S/C17H19N3O7S/c1-26-14-7-8-15(16(10-14)27-2)18-17(21)11-19(28(3,24)25)12-5-4-6-13(9-12)20(22)23/h4-10H,11H2,1-3H3,(H,18,21). The highest BCUT2D eigenvalue weighted by molar-refractivity contribution is 7.92. The summed E-state index contributed by atoms with van der Waals surface area (Å²) < 4.78 is 35.3. The van der Waals surface area contributed by atoms with Gasteiger partial charge in [0.25, 0.3) is 5.69 Å². The molecule has 28 heavy (non-hydrogen) atoms. The number of hydrogen-bond acceptors (Lipinski definition) is 7. The van der Waals surface area contributed by atoms with Gasteiger partial charge in [-0.2, -0.15) is 0 Å². The van der Waals surface area contributed by atoms with Crippen molar-refractivity contribution in [3.8, 4) is 11.5 Å². The van der Waals surface area contributed by atoms with E-state index in [0.29, 0.717) is 17.2 Å². The first-order valence-corrected chi connectivity index (χ1v) is 9.74. The highest BCUT2D eigenvalue weighted by Gasteiger charge is 2.23. The van der Waals surface area contributed by atoms with Crippen molar-refractivity contribution in [2.75, 3.05) is 36.6 Å². The van der Waals surface area contributed by atoms with Crippen LogP contribution in [0.25, 0.3) is 0 Å². The molecule has 10 nitrogen and oxygen atoms in total. The van der Waals surface area contributed by atoms with E-state index in [1.807, 2.05) is 0 Å². The molecular weight excluding hydrogens is 390 g/mol. The van der Waals surface area contributed by atoms with Crippen molar-refractivity contribution in [1.29, 1.82) is 0 Å². The van der Waals surface area contributed by atoms with E-state index in [-0.39, 0.29) is 11.4 Å². The summed E-state index contributed by atoms with van der Waals surface area (Å²) in [6.45, 7) is -0.574. The fourth-order valence-electron chi connectivity index (χ4n) is 2.38. The van der Waals surface area contributed by atoms with Crippen LogP contribution >= 0.6 is 0 Å². The van der Waals surface area contributed by atoms with Gasteiger partial charge >= 0.3 is 0 Å². The number of nitro benzene ring substituents is 1. The molecule has 0 radical (unpaired) electrons. The molecule has 0 aromatic heterocycles. The first-order chi connectivity index (χ1) is 13.2. The zero-order valence-electron chi connectivity index (χ0n) is 15.4. The molecule has 1 amide bonds. The molecule has 0 saturated carbocycles. The summed E-state index contributed by atoms with van der Waals surface area (Å²) >= 11 is 0. The molecule has 0 heterocycles. The number of rotatable bonds is 8. The van der Waals surface area contributed by atoms with Crippen LogP contribution in [0.5, 0.6) is 11.5 Å². The Balaban J connectivity index is 2.28. The van der Waals surface area contributed by atoms with Crippen molar-refractivity contribution < 1.29 is 27.6 Å². The Morgan fingerprint density at radius 1 is 1.18 bits per heavy atom. The smallest absolute Gasteiger partial charge is 0.271 e. The van der Waals surface area contributed by atoms with Gasteiger partial charge in [0.15, 0.2) is 0 Å². The maximum absolute atomic E-state index is 12.4. The number of benzene rings is 2. The molecule has 0 fully saturated rings. The van der Waals surface area contributed by atoms with E-state index in [1.165, 1.54) is 32.4 Å². The second-order valence-corrected chi connectivity index (χ2v) is 7.57. The Kier molecular flexibility index (Phi) is 6.41. The molecule has 0 aliphatic carbocycles. The summed E-state index contributed by atoms with van der Waals surface area (Å²) in [7, 11) is -0.980. The second kappa shape index (κ2) is 8.57. The number of hydrogen-bond donors (Lipinski definition) is 1. The minimum Gasteiger partial charge on any atom is -0.497 e. The quantitative estimate of drug-likeness (QED) is 0.522. The van der Waals surface area contributed by atoms with Gasteiger partial charge in [-0.25, -0.2) is 8.42 Å². The first-order valence-electron chi connectivity index (χ1n) is 7.89. The van der Waals surface area contributed by atoms with E-state index >= 15 is 0 Å². The third-order valence-electron chi connectivity index (χ3n) is 3.70. The molecule has 1 N–H and O–H groups in total. The number of methoxy groups -OCH3 is 2. The van der Waals surface area contributed by atoms with E-state index in [9.17, 15) is 23.3 Å². The van der Waals surface area contributed by atoms with Crippen LogP contribution in [0.3, 0.4) is 0 Å². The normalized spacial score (nSPS) is 10.8. The van der Waals surface area contributed by atoms with Crippen molar-refractivity contribution in [1.82, 2.24) is 0 Å². The lowest BCUT2D eigenvalue weighted by Crippen LogP contribution is -2.37. The fraction of sp³-hybridized carbons (Fsp3) is 0.235. The summed E-state index contributed by atoms with van der Waals surface area (Å²) in [4.78, 5) is 22.7. The van der Waals surface area contributed by atoms with Crippen molar-refractivity contribution in [2.24, 2.45) is 0 Å². The van der Waals surface area contributed by atoms with Crippen LogP contribution in [0.4, 0.5) is 17.1 Å². The van der Waals surface area contributed by atoms with Crippen molar-refractivity contribution >= 4 is 33.0 Å². The molecule has 11 heteroatoms. The monoisotopic (exact) mass is 409 g/mol. The molecule has 0 aliphatic heterocycles. The van der Waals surface area contributed by atoms with Gasteiger partial charge in [-0.1, -0.05) is 6.07 Å². The number of carbonyl (C=O) groups is 1. The van der Waals surface area contributed by atoms with Crippen LogP contribution in [0.15, 0.2) is 42.5 Å². The predicted octanol–water partition coefficient (Wildman–Crippen LogP) is 2.02. The number of ether oxygens (including phenoxy) is 2. The molecule has 0 bridgehead atoms. The average molecular weight is 409 g/mol. The van der Waals surface area contributed by atoms with E-state index in [4.69, 9.17) is 9.47 Å². The summed E-state index contributed by atoms with van der Waals surface area (Å²) in [5.41, 5.74) is 0.0396. The van der Waals surface area contributed by atoms with Gasteiger partial charge in [0.05, 0.1) is 36.8 Å². The Hall–Kier alpha value is -3.34. The zero-order chi connectivity index (χ0) is 20.9. The SMILES string of the molecule is COc1ccc(NC(=O)CN(c2cccc([N+](=O)[O-])c2)S(C)(=O)=O)c(OC)c1. The Bertz CT molecular complexity index is 992. The second-order valence-electron chi connectivity index (χ2n) is 5.66.